The molecule has 0 fully saturated rings. The Hall–Kier alpha value is -0.0800. The summed E-state index contributed by atoms with van der Waals surface area (Å²) in [5, 5.41) is 0. The Morgan fingerprint density at radius 3 is 1.38 bits per heavy atom. The minimum absolute atomic E-state index is 0.194. The summed E-state index contributed by atoms with van der Waals surface area (Å²) < 4.78 is 0. The first kappa shape index (κ1) is 7.92. The fourth-order valence-corrected chi connectivity index (χ4v) is 0.605. The zero-order chi connectivity index (χ0) is 6.57. The van der Waals surface area contributed by atoms with E-state index in [1.165, 1.54) is 0 Å². The van der Waals surface area contributed by atoms with E-state index in [2.05, 4.69) is 13.8 Å². The van der Waals surface area contributed by atoms with E-state index in [-0.39, 0.29) is 12.1 Å². The first-order chi connectivity index (χ1) is 3.72. The van der Waals surface area contributed by atoms with Crippen molar-refractivity contribution in [2.24, 2.45) is 11.5 Å². The summed E-state index contributed by atoms with van der Waals surface area (Å²) in [5.41, 5.74) is 11.2. The second-order valence-corrected chi connectivity index (χ2v) is 2.14. The molecular formula is C6H16N2. The molecule has 0 rings (SSSR count). The van der Waals surface area contributed by atoms with E-state index in [4.69, 9.17) is 11.5 Å². The average Bonchev–Trinajstić information content (AvgIpc) is 1.84. The third-order valence-electron chi connectivity index (χ3n) is 1.49. The van der Waals surface area contributed by atoms with Gasteiger partial charge >= 0.3 is 0 Å². The van der Waals surface area contributed by atoms with Crippen LogP contribution in [0.5, 0.6) is 0 Å². The molecule has 0 saturated carbocycles. The minimum atomic E-state index is 0.194. The third-order valence-corrected chi connectivity index (χ3v) is 1.49. The first-order valence-corrected chi connectivity index (χ1v) is 3.23. The van der Waals surface area contributed by atoms with Crippen LogP contribution in [0.15, 0.2) is 0 Å². The highest BCUT2D eigenvalue weighted by Crippen LogP contribution is 1.94. The van der Waals surface area contributed by atoms with Crippen molar-refractivity contribution in [3.63, 3.8) is 0 Å². The van der Waals surface area contributed by atoms with Gasteiger partial charge in [0.05, 0.1) is 0 Å². The summed E-state index contributed by atoms with van der Waals surface area (Å²) >= 11 is 0. The van der Waals surface area contributed by atoms with Crippen LogP contribution in [0, 0.1) is 0 Å². The van der Waals surface area contributed by atoms with Gasteiger partial charge in [0.2, 0.25) is 0 Å². The monoisotopic (exact) mass is 116 g/mol. The number of rotatable bonds is 3. The Morgan fingerprint density at radius 2 is 1.25 bits per heavy atom. The Bertz CT molecular complexity index is 46.5. The summed E-state index contributed by atoms with van der Waals surface area (Å²) in [5.74, 6) is 0. The Kier molecular flexibility index (Phi) is 3.83. The van der Waals surface area contributed by atoms with E-state index in [1.807, 2.05) is 0 Å². The molecule has 8 heavy (non-hydrogen) atoms. The van der Waals surface area contributed by atoms with Gasteiger partial charge in [0.25, 0.3) is 0 Å². The normalized spacial score (nSPS) is 18.0. The van der Waals surface area contributed by atoms with E-state index in [1.54, 1.807) is 0 Å². The molecule has 0 saturated heterocycles. The SMILES string of the molecule is CCC(N)C(N)CC. The lowest BCUT2D eigenvalue weighted by Gasteiger charge is -2.14. The lowest BCUT2D eigenvalue weighted by molar-refractivity contribution is 0.500. The van der Waals surface area contributed by atoms with Crippen molar-refractivity contribution in [1.29, 1.82) is 0 Å². The largest absolute Gasteiger partial charge is 0.326 e. The van der Waals surface area contributed by atoms with E-state index in [0.717, 1.165) is 12.8 Å². The highest BCUT2D eigenvalue weighted by molar-refractivity contribution is 4.71. The van der Waals surface area contributed by atoms with Gasteiger partial charge in [0.15, 0.2) is 0 Å². The van der Waals surface area contributed by atoms with Crippen LogP contribution in [0.1, 0.15) is 26.7 Å². The third kappa shape index (κ3) is 2.28. The van der Waals surface area contributed by atoms with Crippen molar-refractivity contribution < 1.29 is 0 Å². The fraction of sp³-hybridized carbons (Fsp3) is 1.00. The number of hydrogen-bond acceptors (Lipinski definition) is 2. The summed E-state index contributed by atoms with van der Waals surface area (Å²) in [7, 11) is 0. The highest BCUT2D eigenvalue weighted by atomic mass is 14.8. The van der Waals surface area contributed by atoms with Gasteiger partial charge in [-0.25, -0.2) is 0 Å². The number of hydrogen-bond donors (Lipinski definition) is 2. The molecule has 2 nitrogen and oxygen atoms in total. The molecule has 0 aromatic rings. The number of nitrogens with two attached hydrogens (primary N) is 2. The molecule has 0 aliphatic carbocycles. The molecule has 50 valence electrons. The topological polar surface area (TPSA) is 52.0 Å². The maximum Gasteiger partial charge on any atom is 0.0189 e. The van der Waals surface area contributed by atoms with Crippen molar-refractivity contribution in [1.82, 2.24) is 0 Å². The molecule has 2 atom stereocenters. The second kappa shape index (κ2) is 3.87. The zero-order valence-corrected chi connectivity index (χ0v) is 5.72. The second-order valence-electron chi connectivity index (χ2n) is 2.14. The molecule has 2 unspecified atom stereocenters. The Morgan fingerprint density at radius 1 is 1.00 bits per heavy atom. The van der Waals surface area contributed by atoms with Crippen LogP contribution in [-0.2, 0) is 0 Å². The molecule has 0 aliphatic rings. The molecule has 0 radical (unpaired) electrons. The lowest BCUT2D eigenvalue weighted by Crippen LogP contribution is -2.40. The summed E-state index contributed by atoms with van der Waals surface area (Å²) in [6, 6.07) is 0.389. The fourth-order valence-electron chi connectivity index (χ4n) is 0.605. The summed E-state index contributed by atoms with van der Waals surface area (Å²) in [4.78, 5) is 0. The van der Waals surface area contributed by atoms with Gasteiger partial charge in [-0.3, -0.25) is 0 Å². The van der Waals surface area contributed by atoms with E-state index < -0.39 is 0 Å². The van der Waals surface area contributed by atoms with E-state index in [9.17, 15) is 0 Å². The molecule has 0 spiro atoms. The predicted molar refractivity (Wildman–Crippen MR) is 36.5 cm³/mol. The van der Waals surface area contributed by atoms with Crippen molar-refractivity contribution in [3.05, 3.63) is 0 Å². The van der Waals surface area contributed by atoms with E-state index >= 15 is 0 Å². The Labute approximate surface area is 51.2 Å². The van der Waals surface area contributed by atoms with Crippen molar-refractivity contribution in [2.75, 3.05) is 0 Å². The molecule has 0 heterocycles. The van der Waals surface area contributed by atoms with Gasteiger partial charge in [-0.1, -0.05) is 13.8 Å². The van der Waals surface area contributed by atoms with Gasteiger partial charge < -0.3 is 11.5 Å². The first-order valence-electron chi connectivity index (χ1n) is 3.23. The molecule has 0 bridgehead atoms. The quantitative estimate of drug-likeness (QED) is 0.563. The predicted octanol–water partition coefficient (Wildman–Crippen LogP) is 0.461. The smallest absolute Gasteiger partial charge is 0.0189 e. The molecule has 0 aromatic carbocycles. The molecule has 0 aromatic heterocycles. The van der Waals surface area contributed by atoms with E-state index in [0.29, 0.717) is 0 Å². The van der Waals surface area contributed by atoms with Gasteiger partial charge in [-0.15, -0.1) is 0 Å². The van der Waals surface area contributed by atoms with Crippen LogP contribution in [0.25, 0.3) is 0 Å². The molecule has 0 amide bonds. The van der Waals surface area contributed by atoms with Crippen molar-refractivity contribution in [3.8, 4) is 0 Å². The van der Waals surface area contributed by atoms with Crippen LogP contribution in [-0.4, -0.2) is 12.1 Å². The maximum absolute atomic E-state index is 5.60. The lowest BCUT2D eigenvalue weighted by atomic mass is 10.1. The van der Waals surface area contributed by atoms with Crippen LogP contribution < -0.4 is 11.5 Å². The van der Waals surface area contributed by atoms with Gasteiger partial charge in [0.1, 0.15) is 0 Å². The summed E-state index contributed by atoms with van der Waals surface area (Å²) in [6.45, 7) is 4.11. The minimum Gasteiger partial charge on any atom is -0.326 e. The van der Waals surface area contributed by atoms with Crippen LogP contribution >= 0.6 is 0 Å². The zero-order valence-electron chi connectivity index (χ0n) is 5.72. The molecular weight excluding hydrogens is 100 g/mol. The molecule has 4 N–H and O–H groups in total. The maximum atomic E-state index is 5.60. The van der Waals surface area contributed by atoms with Crippen LogP contribution in [0.3, 0.4) is 0 Å². The van der Waals surface area contributed by atoms with Crippen molar-refractivity contribution >= 4 is 0 Å². The van der Waals surface area contributed by atoms with Crippen molar-refractivity contribution in [2.45, 2.75) is 38.8 Å². The Balaban J connectivity index is 3.29. The van der Waals surface area contributed by atoms with Gasteiger partial charge in [0, 0.05) is 12.1 Å². The summed E-state index contributed by atoms with van der Waals surface area (Å²) in [6.07, 6.45) is 1.96. The standard InChI is InChI=1S/C6H16N2/c1-3-5(7)6(8)4-2/h5-6H,3-4,7-8H2,1-2H3. The molecule has 2 heteroatoms. The average molecular weight is 116 g/mol. The molecule has 0 aliphatic heterocycles. The van der Waals surface area contributed by atoms with Gasteiger partial charge in [-0.2, -0.15) is 0 Å². The highest BCUT2D eigenvalue weighted by Gasteiger charge is 2.06. The van der Waals surface area contributed by atoms with Gasteiger partial charge in [-0.05, 0) is 12.8 Å². The van der Waals surface area contributed by atoms with Crippen LogP contribution in [0.2, 0.25) is 0 Å². The van der Waals surface area contributed by atoms with Crippen LogP contribution in [0.4, 0.5) is 0 Å².